The first-order valence-electron chi connectivity index (χ1n) is 35.2. The Morgan fingerprint density at radius 2 is 0.476 bits per heavy atom. The molecule has 0 saturated heterocycles. The number of carbonyl (C=O) groups is 3. The van der Waals surface area contributed by atoms with Crippen LogP contribution in [0.1, 0.15) is 348 Å². The highest BCUT2D eigenvalue weighted by molar-refractivity contribution is 5.71. The van der Waals surface area contributed by atoms with Gasteiger partial charge in [0, 0.05) is 19.3 Å². The maximum absolute atomic E-state index is 13.0. The average molecular weight is 1140 g/mol. The first-order valence-corrected chi connectivity index (χ1v) is 35.2. The number of hydrogen-bond donors (Lipinski definition) is 0. The quantitative estimate of drug-likeness (QED) is 0.0261. The van der Waals surface area contributed by atoms with Crippen LogP contribution in [0.25, 0.3) is 0 Å². The van der Waals surface area contributed by atoms with E-state index in [0.29, 0.717) is 19.3 Å². The molecule has 0 N–H and O–H groups in total. The highest BCUT2D eigenvalue weighted by Gasteiger charge is 2.19. The predicted octanol–water partition coefficient (Wildman–Crippen LogP) is 24.4. The summed E-state index contributed by atoms with van der Waals surface area (Å²) in [7, 11) is 0. The van der Waals surface area contributed by atoms with Crippen molar-refractivity contribution in [3.05, 3.63) is 97.2 Å². The van der Waals surface area contributed by atoms with E-state index in [1.165, 1.54) is 186 Å². The van der Waals surface area contributed by atoms with Crippen LogP contribution in [0.5, 0.6) is 0 Å². The molecule has 0 fully saturated rings. The minimum absolute atomic E-state index is 0.0867. The molecule has 0 rings (SSSR count). The molecule has 0 aliphatic rings. The Balaban J connectivity index is 4.28. The normalized spacial score (nSPS) is 12.7. The summed E-state index contributed by atoms with van der Waals surface area (Å²) in [6, 6.07) is 0. The average Bonchev–Trinajstić information content (AvgIpc) is 3.47. The van der Waals surface area contributed by atoms with Crippen LogP contribution in [-0.2, 0) is 28.6 Å². The molecule has 0 aromatic rings. The zero-order valence-electron chi connectivity index (χ0n) is 54.2. The lowest BCUT2D eigenvalue weighted by atomic mass is 10.0. The summed E-state index contributed by atoms with van der Waals surface area (Å²) in [5.74, 6) is -0.908. The molecule has 0 aliphatic heterocycles. The van der Waals surface area contributed by atoms with E-state index in [2.05, 4.69) is 118 Å². The molecular weight excluding hydrogens is 1010 g/mol. The van der Waals surface area contributed by atoms with Crippen molar-refractivity contribution < 1.29 is 28.6 Å². The third-order valence-electron chi connectivity index (χ3n) is 15.3. The molecule has 472 valence electrons. The number of hydrogen-bond acceptors (Lipinski definition) is 6. The molecule has 0 spiro atoms. The molecule has 82 heavy (non-hydrogen) atoms. The summed E-state index contributed by atoms with van der Waals surface area (Å²) in [5, 5.41) is 0. The lowest BCUT2D eigenvalue weighted by molar-refractivity contribution is -0.167. The van der Waals surface area contributed by atoms with Gasteiger partial charge in [-0.2, -0.15) is 0 Å². The van der Waals surface area contributed by atoms with Crippen molar-refractivity contribution >= 4 is 17.9 Å². The molecule has 0 aromatic carbocycles. The second-order valence-electron chi connectivity index (χ2n) is 23.4. The minimum atomic E-state index is -0.794. The maximum Gasteiger partial charge on any atom is 0.306 e. The molecule has 6 nitrogen and oxygen atoms in total. The molecule has 0 saturated carbocycles. The van der Waals surface area contributed by atoms with E-state index in [-0.39, 0.29) is 31.1 Å². The summed E-state index contributed by atoms with van der Waals surface area (Å²) in [6.45, 7) is 6.43. The van der Waals surface area contributed by atoms with Gasteiger partial charge in [0.25, 0.3) is 0 Å². The van der Waals surface area contributed by atoms with Crippen LogP contribution in [0, 0.1) is 0 Å². The van der Waals surface area contributed by atoms with E-state index >= 15 is 0 Å². The van der Waals surface area contributed by atoms with Crippen LogP contribution >= 0.6 is 0 Å². The topological polar surface area (TPSA) is 78.9 Å². The Morgan fingerprint density at radius 1 is 0.256 bits per heavy atom. The smallest absolute Gasteiger partial charge is 0.306 e. The van der Waals surface area contributed by atoms with Crippen LogP contribution < -0.4 is 0 Å². The molecule has 0 radical (unpaired) electrons. The van der Waals surface area contributed by atoms with Gasteiger partial charge >= 0.3 is 17.9 Å². The van der Waals surface area contributed by atoms with Gasteiger partial charge in [0.05, 0.1) is 0 Å². The highest BCUT2D eigenvalue weighted by atomic mass is 16.6. The number of ether oxygens (including phenoxy) is 3. The van der Waals surface area contributed by atoms with Crippen molar-refractivity contribution in [3.63, 3.8) is 0 Å². The standard InChI is InChI=1S/C76H132O6/c1-4-7-10-13-16-19-22-25-27-29-31-33-35-37-39-40-42-44-46-48-51-54-57-60-63-66-69-75(78)81-72-73(71-80-74(77)68-65-62-59-56-53-50-24-21-18-15-12-9-6-3)82-76(79)70-67-64-61-58-55-52-49-47-45-43-41-38-36-34-32-30-28-26-23-20-17-14-11-8-5-2/h8-9,11-12,17-18,20-21,26,28,32,34,38,41,50,53,73H,4-7,10,13-16,19,22-25,27,29-31,33,35-37,39-40,42-49,51-52,54-72H2,1-3H3/b11-8-,12-9-,20-17-,21-18-,28-26-,34-32-,41-38-,53-50-. The largest absolute Gasteiger partial charge is 0.462 e. The summed E-state index contributed by atoms with van der Waals surface area (Å²) >= 11 is 0. The van der Waals surface area contributed by atoms with Crippen LogP contribution in [0.2, 0.25) is 0 Å². The van der Waals surface area contributed by atoms with Crippen molar-refractivity contribution in [3.8, 4) is 0 Å². The number of carbonyl (C=O) groups excluding carboxylic acids is 3. The van der Waals surface area contributed by atoms with E-state index < -0.39 is 6.10 Å². The van der Waals surface area contributed by atoms with Crippen molar-refractivity contribution in [2.24, 2.45) is 0 Å². The Labute approximate surface area is 508 Å². The summed E-state index contributed by atoms with van der Waals surface area (Å²) < 4.78 is 16.9. The van der Waals surface area contributed by atoms with Crippen LogP contribution in [0.3, 0.4) is 0 Å². The predicted molar refractivity (Wildman–Crippen MR) is 357 cm³/mol. The molecule has 0 heterocycles. The van der Waals surface area contributed by atoms with E-state index in [9.17, 15) is 14.4 Å². The molecule has 0 aliphatic carbocycles. The van der Waals surface area contributed by atoms with Crippen molar-refractivity contribution in [1.82, 2.24) is 0 Å². The fraction of sp³-hybridized carbons (Fsp3) is 0.750. The van der Waals surface area contributed by atoms with Crippen molar-refractivity contribution in [2.75, 3.05) is 13.2 Å². The van der Waals surface area contributed by atoms with Gasteiger partial charge in [0.1, 0.15) is 13.2 Å². The Kier molecular flexibility index (Phi) is 66.7. The first kappa shape index (κ1) is 78.3. The summed E-state index contributed by atoms with van der Waals surface area (Å²) in [6.07, 6.45) is 94.5. The van der Waals surface area contributed by atoms with Crippen molar-refractivity contribution in [2.45, 2.75) is 354 Å². The lowest BCUT2D eigenvalue weighted by Crippen LogP contribution is -2.30. The molecule has 0 aromatic heterocycles. The molecule has 0 amide bonds. The van der Waals surface area contributed by atoms with E-state index in [1.807, 2.05) is 0 Å². The second kappa shape index (κ2) is 69.8. The van der Waals surface area contributed by atoms with Gasteiger partial charge in [-0.15, -0.1) is 0 Å². The molecule has 6 heteroatoms. The Hall–Kier alpha value is -3.67. The highest BCUT2D eigenvalue weighted by Crippen LogP contribution is 2.18. The number of esters is 3. The van der Waals surface area contributed by atoms with E-state index in [0.717, 1.165) is 122 Å². The number of allylic oxidation sites excluding steroid dienone is 16. The Morgan fingerprint density at radius 3 is 0.756 bits per heavy atom. The SMILES string of the molecule is CC/C=C\C/C=C\C/C=C\C/C=C\C/C=C\CCCCCCCCCCCC(=O)OC(COC(=O)CCCCC/C=C\C/C=C\C/C=C\CC)COC(=O)CCCCCCCCCCCCCCCCCCCCCCCCCCCC. The van der Waals surface area contributed by atoms with Gasteiger partial charge < -0.3 is 14.2 Å². The van der Waals surface area contributed by atoms with Crippen molar-refractivity contribution in [1.29, 1.82) is 0 Å². The molecular formula is C76H132O6. The maximum atomic E-state index is 13.0. The zero-order valence-corrected chi connectivity index (χ0v) is 54.2. The van der Waals surface area contributed by atoms with Gasteiger partial charge in [-0.1, -0.05) is 330 Å². The van der Waals surface area contributed by atoms with Gasteiger partial charge in [0.2, 0.25) is 0 Å². The fourth-order valence-electron chi connectivity index (χ4n) is 10.1. The van der Waals surface area contributed by atoms with E-state index in [1.54, 1.807) is 0 Å². The third kappa shape index (κ3) is 67.1. The molecule has 1 unspecified atom stereocenters. The molecule has 0 bridgehead atoms. The monoisotopic (exact) mass is 1140 g/mol. The number of unbranched alkanes of at least 4 members (excludes halogenated alkanes) is 37. The van der Waals surface area contributed by atoms with Crippen LogP contribution in [-0.4, -0.2) is 37.2 Å². The zero-order chi connectivity index (χ0) is 59.2. The third-order valence-corrected chi connectivity index (χ3v) is 15.3. The first-order chi connectivity index (χ1) is 40.5. The fourth-order valence-corrected chi connectivity index (χ4v) is 10.1. The molecule has 1 atom stereocenters. The van der Waals surface area contributed by atoms with E-state index in [4.69, 9.17) is 14.2 Å². The van der Waals surface area contributed by atoms with Gasteiger partial charge in [0.15, 0.2) is 6.10 Å². The van der Waals surface area contributed by atoms with Crippen LogP contribution in [0.4, 0.5) is 0 Å². The summed E-state index contributed by atoms with van der Waals surface area (Å²) in [4.78, 5) is 38.4. The Bertz CT molecular complexity index is 1590. The lowest BCUT2D eigenvalue weighted by Gasteiger charge is -2.18. The summed E-state index contributed by atoms with van der Waals surface area (Å²) in [5.41, 5.74) is 0. The second-order valence-corrected chi connectivity index (χ2v) is 23.4. The van der Waals surface area contributed by atoms with Gasteiger partial charge in [-0.3, -0.25) is 14.4 Å². The van der Waals surface area contributed by atoms with Gasteiger partial charge in [-0.05, 0) is 96.3 Å². The van der Waals surface area contributed by atoms with Crippen LogP contribution in [0.15, 0.2) is 97.2 Å². The van der Waals surface area contributed by atoms with Gasteiger partial charge in [-0.25, -0.2) is 0 Å². The number of rotatable bonds is 64. The minimum Gasteiger partial charge on any atom is -0.462 e.